The van der Waals surface area contributed by atoms with Crippen LogP contribution in [0.3, 0.4) is 0 Å². The van der Waals surface area contributed by atoms with Gasteiger partial charge < -0.3 is 5.73 Å². The molecule has 0 radical (unpaired) electrons. The number of rotatable bonds is 5. The van der Waals surface area contributed by atoms with E-state index in [1.165, 1.54) is 6.07 Å². The van der Waals surface area contributed by atoms with Crippen LogP contribution >= 0.6 is 0 Å². The molecule has 16 heavy (non-hydrogen) atoms. The van der Waals surface area contributed by atoms with E-state index in [4.69, 9.17) is 5.73 Å². The maximum absolute atomic E-state index is 13.0. The molecule has 0 amide bonds. The first-order valence-corrected chi connectivity index (χ1v) is 5.39. The SMILES string of the molecule is CC(CCN)N(C)Cc1ccc(F)c(F)c1. The molecular formula is C12H18F2N2. The zero-order valence-corrected chi connectivity index (χ0v) is 9.71. The first-order chi connectivity index (χ1) is 7.54. The van der Waals surface area contributed by atoms with Gasteiger partial charge in [-0.3, -0.25) is 4.90 Å². The fourth-order valence-corrected chi connectivity index (χ4v) is 1.54. The molecule has 1 unspecified atom stereocenters. The highest BCUT2D eigenvalue weighted by molar-refractivity contribution is 5.17. The summed E-state index contributed by atoms with van der Waals surface area (Å²) in [6.07, 6.45) is 0.889. The smallest absolute Gasteiger partial charge is 0.159 e. The molecule has 2 nitrogen and oxygen atoms in total. The highest BCUT2D eigenvalue weighted by atomic mass is 19.2. The Morgan fingerprint density at radius 3 is 2.56 bits per heavy atom. The Labute approximate surface area is 95.1 Å². The van der Waals surface area contributed by atoms with Gasteiger partial charge in [-0.05, 0) is 44.6 Å². The second-order valence-electron chi connectivity index (χ2n) is 4.09. The summed E-state index contributed by atoms with van der Waals surface area (Å²) in [5.74, 6) is -1.60. The molecule has 0 aliphatic rings. The van der Waals surface area contributed by atoms with Crippen LogP contribution in [0.15, 0.2) is 18.2 Å². The molecule has 1 atom stereocenters. The molecule has 2 N–H and O–H groups in total. The zero-order chi connectivity index (χ0) is 12.1. The van der Waals surface area contributed by atoms with Crippen molar-refractivity contribution in [2.75, 3.05) is 13.6 Å². The van der Waals surface area contributed by atoms with Crippen molar-refractivity contribution in [1.82, 2.24) is 4.90 Å². The molecule has 0 aliphatic carbocycles. The van der Waals surface area contributed by atoms with Crippen LogP contribution in [-0.4, -0.2) is 24.5 Å². The summed E-state index contributed by atoms with van der Waals surface area (Å²) < 4.78 is 25.7. The molecule has 1 rings (SSSR count). The fraction of sp³-hybridized carbons (Fsp3) is 0.500. The standard InChI is InChI=1S/C12H18F2N2/c1-9(5-6-15)16(2)8-10-3-4-11(13)12(14)7-10/h3-4,7,9H,5-6,8,15H2,1-2H3. The molecule has 0 bridgehead atoms. The lowest BCUT2D eigenvalue weighted by Gasteiger charge is -2.24. The van der Waals surface area contributed by atoms with E-state index in [1.54, 1.807) is 6.07 Å². The van der Waals surface area contributed by atoms with Crippen molar-refractivity contribution >= 4 is 0 Å². The van der Waals surface area contributed by atoms with Crippen LogP contribution in [-0.2, 0) is 6.54 Å². The van der Waals surface area contributed by atoms with Gasteiger partial charge in [0, 0.05) is 12.6 Å². The lowest BCUT2D eigenvalue weighted by molar-refractivity contribution is 0.240. The van der Waals surface area contributed by atoms with Crippen LogP contribution in [0.2, 0.25) is 0 Å². The molecule has 0 fully saturated rings. The monoisotopic (exact) mass is 228 g/mol. The number of halogens is 2. The van der Waals surface area contributed by atoms with E-state index in [0.29, 0.717) is 19.1 Å². The van der Waals surface area contributed by atoms with Crippen molar-refractivity contribution in [2.45, 2.75) is 25.9 Å². The van der Waals surface area contributed by atoms with E-state index in [9.17, 15) is 8.78 Å². The highest BCUT2D eigenvalue weighted by Gasteiger charge is 2.10. The first-order valence-electron chi connectivity index (χ1n) is 5.39. The molecule has 1 aromatic rings. The van der Waals surface area contributed by atoms with Crippen molar-refractivity contribution in [3.05, 3.63) is 35.4 Å². The van der Waals surface area contributed by atoms with Gasteiger partial charge in [-0.1, -0.05) is 6.07 Å². The number of nitrogens with zero attached hydrogens (tertiary/aromatic N) is 1. The zero-order valence-electron chi connectivity index (χ0n) is 9.71. The van der Waals surface area contributed by atoms with Gasteiger partial charge in [0.25, 0.3) is 0 Å². The summed E-state index contributed by atoms with van der Waals surface area (Å²) in [6.45, 7) is 3.29. The van der Waals surface area contributed by atoms with E-state index >= 15 is 0 Å². The summed E-state index contributed by atoms with van der Waals surface area (Å²) in [5.41, 5.74) is 6.24. The summed E-state index contributed by atoms with van der Waals surface area (Å²) in [7, 11) is 1.95. The molecule has 0 aromatic heterocycles. The highest BCUT2D eigenvalue weighted by Crippen LogP contribution is 2.12. The second-order valence-corrected chi connectivity index (χ2v) is 4.09. The molecule has 0 spiro atoms. The second kappa shape index (κ2) is 5.92. The minimum Gasteiger partial charge on any atom is -0.330 e. The van der Waals surface area contributed by atoms with Gasteiger partial charge in [-0.2, -0.15) is 0 Å². The van der Waals surface area contributed by atoms with Crippen molar-refractivity contribution in [3.8, 4) is 0 Å². The largest absolute Gasteiger partial charge is 0.330 e. The van der Waals surface area contributed by atoms with Gasteiger partial charge in [0.05, 0.1) is 0 Å². The molecule has 0 aliphatic heterocycles. The van der Waals surface area contributed by atoms with Gasteiger partial charge in [-0.15, -0.1) is 0 Å². The third kappa shape index (κ3) is 3.54. The van der Waals surface area contributed by atoms with Crippen LogP contribution in [0.25, 0.3) is 0 Å². The van der Waals surface area contributed by atoms with Gasteiger partial charge in [0.1, 0.15) is 0 Å². The van der Waals surface area contributed by atoms with Crippen molar-refractivity contribution in [2.24, 2.45) is 5.73 Å². The van der Waals surface area contributed by atoms with Crippen molar-refractivity contribution in [3.63, 3.8) is 0 Å². The van der Waals surface area contributed by atoms with Crippen LogP contribution in [0, 0.1) is 11.6 Å². The predicted molar refractivity (Wildman–Crippen MR) is 61.0 cm³/mol. The van der Waals surface area contributed by atoms with E-state index in [2.05, 4.69) is 11.8 Å². The maximum atomic E-state index is 13.0. The van der Waals surface area contributed by atoms with Crippen molar-refractivity contribution < 1.29 is 8.78 Å². The quantitative estimate of drug-likeness (QED) is 0.836. The molecule has 90 valence electrons. The fourth-order valence-electron chi connectivity index (χ4n) is 1.54. The van der Waals surface area contributed by atoms with E-state index < -0.39 is 11.6 Å². The molecule has 0 saturated carbocycles. The Bertz CT molecular complexity index is 342. The lowest BCUT2D eigenvalue weighted by Crippen LogP contribution is -2.30. The van der Waals surface area contributed by atoms with Gasteiger partial charge in [0.15, 0.2) is 11.6 Å². The normalized spacial score (nSPS) is 13.1. The molecule has 4 heteroatoms. The topological polar surface area (TPSA) is 29.3 Å². The molecule has 1 aromatic carbocycles. The molecule has 0 saturated heterocycles. The van der Waals surface area contributed by atoms with Crippen molar-refractivity contribution in [1.29, 1.82) is 0 Å². The minimum absolute atomic E-state index is 0.332. The molecular weight excluding hydrogens is 210 g/mol. The third-order valence-electron chi connectivity index (χ3n) is 2.75. The summed E-state index contributed by atoms with van der Waals surface area (Å²) in [5, 5.41) is 0. The Kier molecular flexibility index (Phi) is 4.83. The van der Waals surface area contributed by atoms with Gasteiger partial charge in [0.2, 0.25) is 0 Å². The van der Waals surface area contributed by atoms with Gasteiger partial charge >= 0.3 is 0 Å². The minimum atomic E-state index is -0.804. The molecule has 0 heterocycles. The third-order valence-corrected chi connectivity index (χ3v) is 2.75. The number of hydrogen-bond acceptors (Lipinski definition) is 2. The Morgan fingerprint density at radius 2 is 2.00 bits per heavy atom. The number of benzene rings is 1. The van der Waals surface area contributed by atoms with Crippen LogP contribution < -0.4 is 5.73 Å². The number of nitrogens with two attached hydrogens (primary N) is 1. The van der Waals surface area contributed by atoms with E-state index in [0.717, 1.165) is 18.1 Å². The van der Waals surface area contributed by atoms with E-state index in [-0.39, 0.29) is 0 Å². The average Bonchev–Trinajstić information content (AvgIpc) is 2.24. The summed E-state index contributed by atoms with van der Waals surface area (Å²) in [4.78, 5) is 2.07. The van der Waals surface area contributed by atoms with Crippen LogP contribution in [0.4, 0.5) is 8.78 Å². The Balaban J connectivity index is 2.62. The van der Waals surface area contributed by atoms with Gasteiger partial charge in [-0.25, -0.2) is 8.78 Å². The Hall–Kier alpha value is -1.00. The predicted octanol–water partition coefficient (Wildman–Crippen LogP) is 2.13. The maximum Gasteiger partial charge on any atom is 0.159 e. The Morgan fingerprint density at radius 1 is 1.31 bits per heavy atom. The summed E-state index contributed by atoms with van der Waals surface area (Å²) >= 11 is 0. The van der Waals surface area contributed by atoms with Crippen LogP contribution in [0.1, 0.15) is 18.9 Å². The van der Waals surface area contributed by atoms with E-state index in [1.807, 2.05) is 7.05 Å². The first kappa shape index (κ1) is 13.1. The lowest BCUT2D eigenvalue weighted by atomic mass is 10.1. The summed E-state index contributed by atoms with van der Waals surface area (Å²) in [6, 6.07) is 4.33. The number of hydrogen-bond donors (Lipinski definition) is 1. The average molecular weight is 228 g/mol. The van der Waals surface area contributed by atoms with Crippen LogP contribution in [0.5, 0.6) is 0 Å².